The van der Waals surface area contributed by atoms with Gasteiger partial charge in [-0.1, -0.05) is 12.1 Å². The van der Waals surface area contributed by atoms with Crippen LogP contribution in [0.25, 0.3) is 22.2 Å². The summed E-state index contributed by atoms with van der Waals surface area (Å²) in [5, 5.41) is 0. The Labute approximate surface area is 145 Å². The highest BCUT2D eigenvalue weighted by molar-refractivity contribution is 5.98. The Hall–Kier alpha value is -2.82. The third kappa shape index (κ3) is 2.30. The summed E-state index contributed by atoms with van der Waals surface area (Å²) in [5.74, 6) is 0.0600. The first-order valence-electron chi connectivity index (χ1n) is 8.43. The zero-order chi connectivity index (χ0) is 17.9. The average molecular weight is 335 g/mol. The number of nitrogens with zero attached hydrogens (tertiary/aromatic N) is 1. The summed E-state index contributed by atoms with van der Waals surface area (Å²) in [7, 11) is 0. The second-order valence-corrected chi connectivity index (χ2v) is 7.45. The lowest BCUT2D eigenvalue weighted by Crippen LogP contribution is -2.44. The number of hydrogen-bond donors (Lipinski definition) is 2. The molecule has 25 heavy (non-hydrogen) atoms. The van der Waals surface area contributed by atoms with Gasteiger partial charge < -0.3 is 14.9 Å². The summed E-state index contributed by atoms with van der Waals surface area (Å²) in [6, 6.07) is 10.1. The summed E-state index contributed by atoms with van der Waals surface area (Å²) < 4.78 is 0. The number of amides is 1. The van der Waals surface area contributed by atoms with E-state index in [0.717, 1.165) is 45.4 Å². The van der Waals surface area contributed by atoms with Gasteiger partial charge in [0.1, 0.15) is 0 Å². The Bertz CT molecular complexity index is 1070. The molecule has 0 saturated carbocycles. The highest BCUT2D eigenvalue weighted by Crippen LogP contribution is 2.41. The number of anilines is 1. The number of carbonyl (C=O) groups excluding carboxylic acids is 1. The van der Waals surface area contributed by atoms with E-state index in [1.165, 1.54) is 0 Å². The van der Waals surface area contributed by atoms with Crippen LogP contribution in [-0.4, -0.2) is 21.4 Å². The van der Waals surface area contributed by atoms with E-state index < -0.39 is 0 Å². The summed E-state index contributed by atoms with van der Waals surface area (Å²) in [4.78, 5) is 31.4. The zero-order valence-electron chi connectivity index (χ0n) is 14.9. The largest absolute Gasteiger partial charge is 0.323 e. The van der Waals surface area contributed by atoms with Gasteiger partial charge in [-0.25, -0.2) is 4.79 Å². The standard InChI is InChI=1S/C20H21N3O2/c1-11-5-7-15-18(22-19(25)21-15)17(11)13-6-8-16-14(9-13)10-20(3,4)23(16)12(2)24/h5-9H,10H2,1-4H3,(H2,21,22,25). The molecule has 0 atom stereocenters. The zero-order valence-corrected chi connectivity index (χ0v) is 14.9. The molecule has 0 bridgehead atoms. The van der Waals surface area contributed by atoms with E-state index in [1.807, 2.05) is 36.1 Å². The number of aryl methyl sites for hydroxylation is 1. The molecule has 2 aromatic carbocycles. The molecule has 2 heterocycles. The molecule has 1 aliphatic heterocycles. The fraction of sp³-hybridized carbons (Fsp3) is 0.300. The van der Waals surface area contributed by atoms with Gasteiger partial charge in [0, 0.05) is 23.7 Å². The number of fused-ring (bicyclic) bond motifs is 2. The van der Waals surface area contributed by atoms with Crippen LogP contribution in [0.15, 0.2) is 35.1 Å². The molecular formula is C20H21N3O2. The van der Waals surface area contributed by atoms with Crippen LogP contribution in [0.4, 0.5) is 5.69 Å². The lowest BCUT2D eigenvalue weighted by Gasteiger charge is -2.31. The van der Waals surface area contributed by atoms with Crippen LogP contribution >= 0.6 is 0 Å². The molecule has 0 fully saturated rings. The van der Waals surface area contributed by atoms with E-state index in [2.05, 4.69) is 29.9 Å². The molecule has 0 saturated heterocycles. The number of imidazole rings is 1. The summed E-state index contributed by atoms with van der Waals surface area (Å²) in [5.41, 5.74) is 6.52. The minimum absolute atomic E-state index is 0.0600. The molecule has 0 radical (unpaired) electrons. The van der Waals surface area contributed by atoms with E-state index >= 15 is 0 Å². The van der Waals surface area contributed by atoms with Crippen LogP contribution in [0.1, 0.15) is 31.9 Å². The second kappa shape index (κ2) is 5.09. The highest BCUT2D eigenvalue weighted by atomic mass is 16.2. The number of H-pyrrole nitrogens is 2. The maximum Gasteiger partial charge on any atom is 0.323 e. The molecule has 128 valence electrons. The number of aromatic nitrogens is 2. The van der Waals surface area contributed by atoms with Gasteiger partial charge in [0.05, 0.1) is 11.0 Å². The van der Waals surface area contributed by atoms with Gasteiger partial charge in [-0.05, 0) is 62.1 Å². The normalized spacial score (nSPS) is 15.6. The van der Waals surface area contributed by atoms with Gasteiger partial charge in [-0.15, -0.1) is 0 Å². The van der Waals surface area contributed by atoms with Crippen LogP contribution in [-0.2, 0) is 11.2 Å². The molecule has 1 aromatic heterocycles. The van der Waals surface area contributed by atoms with Crippen molar-refractivity contribution in [3.8, 4) is 11.1 Å². The van der Waals surface area contributed by atoms with Gasteiger partial charge in [0.2, 0.25) is 5.91 Å². The SMILES string of the molecule is CC(=O)N1c2ccc(-c3c(C)ccc4[nH]c(=O)[nH]c34)cc2CC1(C)C. The monoisotopic (exact) mass is 335 g/mol. The van der Waals surface area contributed by atoms with Crippen molar-refractivity contribution >= 4 is 22.6 Å². The molecule has 4 rings (SSSR count). The Morgan fingerprint density at radius 2 is 1.92 bits per heavy atom. The predicted octanol–water partition coefficient (Wildman–Crippen LogP) is 3.52. The average Bonchev–Trinajstić information content (AvgIpc) is 3.00. The first kappa shape index (κ1) is 15.7. The first-order chi connectivity index (χ1) is 11.8. The Morgan fingerprint density at radius 3 is 2.64 bits per heavy atom. The third-order valence-corrected chi connectivity index (χ3v) is 5.05. The number of hydrogen-bond acceptors (Lipinski definition) is 2. The van der Waals surface area contributed by atoms with Crippen LogP contribution < -0.4 is 10.6 Å². The maximum absolute atomic E-state index is 12.1. The second-order valence-electron chi connectivity index (χ2n) is 7.45. The van der Waals surface area contributed by atoms with Crippen LogP contribution in [0.2, 0.25) is 0 Å². The van der Waals surface area contributed by atoms with Crippen molar-refractivity contribution in [2.45, 2.75) is 39.7 Å². The van der Waals surface area contributed by atoms with Gasteiger partial charge in [-0.2, -0.15) is 0 Å². The van der Waals surface area contributed by atoms with Gasteiger partial charge in [0.15, 0.2) is 0 Å². The van der Waals surface area contributed by atoms with E-state index in [1.54, 1.807) is 6.92 Å². The molecule has 1 aliphatic rings. The molecule has 5 heteroatoms. The van der Waals surface area contributed by atoms with Gasteiger partial charge in [-0.3, -0.25) is 4.79 Å². The fourth-order valence-electron chi connectivity index (χ4n) is 4.15. The number of carbonyl (C=O) groups is 1. The smallest absolute Gasteiger partial charge is 0.307 e. The lowest BCUT2D eigenvalue weighted by atomic mass is 9.94. The Morgan fingerprint density at radius 1 is 1.16 bits per heavy atom. The topological polar surface area (TPSA) is 69.0 Å². The summed E-state index contributed by atoms with van der Waals surface area (Å²) >= 11 is 0. The van der Waals surface area contributed by atoms with Crippen LogP contribution in [0.5, 0.6) is 0 Å². The lowest BCUT2D eigenvalue weighted by molar-refractivity contribution is -0.117. The minimum Gasteiger partial charge on any atom is -0.307 e. The van der Waals surface area contributed by atoms with Crippen molar-refractivity contribution in [2.75, 3.05) is 4.90 Å². The molecule has 0 spiro atoms. The van der Waals surface area contributed by atoms with E-state index in [0.29, 0.717) is 0 Å². The molecule has 2 N–H and O–H groups in total. The minimum atomic E-state index is -0.226. The fourth-order valence-corrected chi connectivity index (χ4v) is 4.15. The van der Waals surface area contributed by atoms with Crippen molar-refractivity contribution in [1.29, 1.82) is 0 Å². The van der Waals surface area contributed by atoms with E-state index in [9.17, 15) is 9.59 Å². The Kier molecular flexibility index (Phi) is 3.19. The van der Waals surface area contributed by atoms with Gasteiger partial charge in [0.25, 0.3) is 0 Å². The van der Waals surface area contributed by atoms with E-state index in [-0.39, 0.29) is 17.1 Å². The summed E-state index contributed by atoms with van der Waals surface area (Å²) in [6.07, 6.45) is 0.814. The first-order valence-corrected chi connectivity index (χ1v) is 8.43. The molecule has 1 amide bonds. The van der Waals surface area contributed by atoms with Crippen LogP contribution in [0, 0.1) is 6.92 Å². The highest BCUT2D eigenvalue weighted by Gasteiger charge is 2.38. The quantitative estimate of drug-likeness (QED) is 0.714. The third-order valence-electron chi connectivity index (χ3n) is 5.05. The van der Waals surface area contributed by atoms with Crippen molar-refractivity contribution in [2.24, 2.45) is 0 Å². The van der Waals surface area contributed by atoms with Crippen molar-refractivity contribution in [3.63, 3.8) is 0 Å². The summed E-state index contributed by atoms with van der Waals surface area (Å²) in [6.45, 7) is 7.83. The molecular weight excluding hydrogens is 314 g/mol. The van der Waals surface area contributed by atoms with E-state index in [4.69, 9.17) is 0 Å². The van der Waals surface area contributed by atoms with Gasteiger partial charge >= 0.3 is 5.69 Å². The number of aromatic amines is 2. The molecule has 5 nitrogen and oxygen atoms in total. The van der Waals surface area contributed by atoms with Crippen LogP contribution in [0.3, 0.4) is 0 Å². The molecule has 3 aromatic rings. The van der Waals surface area contributed by atoms with Crippen molar-refractivity contribution in [3.05, 3.63) is 51.9 Å². The molecule has 0 unspecified atom stereocenters. The van der Waals surface area contributed by atoms with Crippen molar-refractivity contribution < 1.29 is 4.79 Å². The van der Waals surface area contributed by atoms with Crippen molar-refractivity contribution in [1.82, 2.24) is 9.97 Å². The predicted molar refractivity (Wildman–Crippen MR) is 100 cm³/mol. The number of benzene rings is 2. The molecule has 0 aliphatic carbocycles. The maximum atomic E-state index is 12.1. The number of rotatable bonds is 1. The number of nitrogens with one attached hydrogen (secondary N) is 2. The Balaban J connectivity index is 1.92.